The lowest BCUT2D eigenvalue weighted by atomic mass is 10.1. The molecule has 2 amide bonds. The first-order valence-corrected chi connectivity index (χ1v) is 11.6. The van der Waals surface area contributed by atoms with Gasteiger partial charge in [0, 0.05) is 12.2 Å². The molecule has 2 aromatic carbocycles. The summed E-state index contributed by atoms with van der Waals surface area (Å²) in [4.78, 5) is 29.8. The molecule has 0 saturated carbocycles. The molecule has 1 unspecified atom stereocenters. The highest BCUT2D eigenvalue weighted by Crippen LogP contribution is 2.18. The quantitative estimate of drug-likeness (QED) is 0.410. The second-order valence-electron chi connectivity index (χ2n) is 8.06. The molecule has 0 radical (unpaired) electrons. The Balaban J connectivity index is 1.77. The van der Waals surface area contributed by atoms with Crippen LogP contribution < -0.4 is 15.0 Å². The lowest BCUT2D eigenvalue weighted by molar-refractivity contribution is -0.126. The standard InChI is InChI=1S/C26H29N5O3S/c1-19-9-14-24(29-28-19)27-25(32)17-23(26(33)31(18-35)21-7-5-4-6-8-21)30(2)16-15-20-10-12-22(34-3)13-11-20/h4-14,18,23H,15-17H2,1-3H3,(H,27,29,32). The fourth-order valence-electron chi connectivity index (χ4n) is 3.51. The van der Waals surface area contributed by atoms with Crippen LogP contribution in [0.4, 0.5) is 11.5 Å². The predicted molar refractivity (Wildman–Crippen MR) is 141 cm³/mol. The molecule has 1 heterocycles. The minimum Gasteiger partial charge on any atom is -0.497 e. The molecule has 182 valence electrons. The molecule has 3 aromatic rings. The van der Waals surface area contributed by atoms with Gasteiger partial charge in [0.15, 0.2) is 5.82 Å². The van der Waals surface area contributed by atoms with Gasteiger partial charge in [0.05, 0.1) is 30.8 Å². The maximum Gasteiger partial charge on any atom is 0.249 e. The van der Waals surface area contributed by atoms with Crippen LogP contribution in [-0.2, 0) is 16.0 Å². The molecule has 0 aliphatic rings. The van der Waals surface area contributed by atoms with E-state index in [1.54, 1.807) is 31.4 Å². The van der Waals surface area contributed by atoms with E-state index >= 15 is 0 Å². The van der Waals surface area contributed by atoms with Crippen LogP contribution in [0.15, 0.2) is 66.7 Å². The summed E-state index contributed by atoms with van der Waals surface area (Å²) in [5.74, 6) is 0.497. The highest BCUT2D eigenvalue weighted by Gasteiger charge is 2.30. The van der Waals surface area contributed by atoms with E-state index in [9.17, 15) is 9.59 Å². The third-order valence-electron chi connectivity index (χ3n) is 5.55. The van der Waals surface area contributed by atoms with Gasteiger partial charge in [-0.3, -0.25) is 19.4 Å². The van der Waals surface area contributed by atoms with Gasteiger partial charge < -0.3 is 10.1 Å². The number of para-hydroxylation sites is 1. The molecule has 8 nitrogen and oxygen atoms in total. The average molecular weight is 492 g/mol. The molecule has 0 aliphatic heterocycles. The first-order chi connectivity index (χ1) is 16.9. The Morgan fingerprint density at radius 1 is 1.06 bits per heavy atom. The first kappa shape index (κ1) is 25.9. The molecule has 1 atom stereocenters. The van der Waals surface area contributed by atoms with E-state index in [4.69, 9.17) is 17.0 Å². The summed E-state index contributed by atoms with van der Waals surface area (Å²) in [5, 5.41) is 10.7. The zero-order valence-corrected chi connectivity index (χ0v) is 20.9. The van der Waals surface area contributed by atoms with Gasteiger partial charge in [-0.2, -0.15) is 5.10 Å². The first-order valence-electron chi connectivity index (χ1n) is 11.2. The van der Waals surface area contributed by atoms with E-state index in [-0.39, 0.29) is 18.2 Å². The number of methoxy groups -OCH3 is 1. The number of carbonyl (C=O) groups excluding carboxylic acids is 2. The number of ether oxygens (including phenoxy) is 1. The van der Waals surface area contributed by atoms with Crippen molar-refractivity contribution in [3.8, 4) is 5.75 Å². The van der Waals surface area contributed by atoms with Crippen molar-refractivity contribution in [2.75, 3.05) is 30.9 Å². The van der Waals surface area contributed by atoms with Crippen LogP contribution in [-0.4, -0.2) is 59.1 Å². The highest BCUT2D eigenvalue weighted by molar-refractivity contribution is 7.79. The third-order valence-corrected chi connectivity index (χ3v) is 5.76. The lowest BCUT2D eigenvalue weighted by Crippen LogP contribution is -2.49. The van der Waals surface area contributed by atoms with Crippen LogP contribution >= 0.6 is 12.2 Å². The molecule has 9 heteroatoms. The molecule has 0 fully saturated rings. The molecule has 1 N–H and O–H groups in total. The Kier molecular flexibility index (Phi) is 9.39. The van der Waals surface area contributed by atoms with Gasteiger partial charge in [-0.15, -0.1) is 5.10 Å². The second-order valence-corrected chi connectivity index (χ2v) is 8.27. The Morgan fingerprint density at radius 2 is 1.77 bits per heavy atom. The number of benzene rings is 2. The van der Waals surface area contributed by atoms with E-state index in [0.717, 1.165) is 17.0 Å². The third kappa shape index (κ3) is 7.40. The van der Waals surface area contributed by atoms with Gasteiger partial charge in [0.1, 0.15) is 5.75 Å². The molecule has 0 saturated heterocycles. The van der Waals surface area contributed by atoms with E-state index in [1.165, 1.54) is 10.4 Å². The second kappa shape index (κ2) is 12.7. The van der Waals surface area contributed by atoms with Crippen molar-refractivity contribution < 1.29 is 14.3 Å². The van der Waals surface area contributed by atoms with Crippen LogP contribution in [0.1, 0.15) is 17.7 Å². The van der Waals surface area contributed by atoms with Crippen molar-refractivity contribution in [2.45, 2.75) is 25.8 Å². The molecule has 0 aliphatic carbocycles. The highest BCUT2D eigenvalue weighted by atomic mass is 32.1. The number of amides is 2. The van der Waals surface area contributed by atoms with Gasteiger partial charge in [-0.1, -0.05) is 42.5 Å². The van der Waals surface area contributed by atoms with Crippen LogP contribution in [0.25, 0.3) is 0 Å². The van der Waals surface area contributed by atoms with Crippen molar-refractivity contribution >= 4 is 41.0 Å². The topological polar surface area (TPSA) is 87.7 Å². The zero-order chi connectivity index (χ0) is 25.2. The van der Waals surface area contributed by atoms with E-state index in [0.29, 0.717) is 24.5 Å². The van der Waals surface area contributed by atoms with Crippen molar-refractivity contribution in [2.24, 2.45) is 0 Å². The number of hydrogen-bond donors (Lipinski definition) is 1. The maximum atomic E-state index is 13.6. The minimum atomic E-state index is -0.744. The summed E-state index contributed by atoms with van der Waals surface area (Å²) >= 11 is 5.16. The predicted octanol–water partition coefficient (Wildman–Crippen LogP) is 3.66. The normalized spacial score (nSPS) is 11.5. The van der Waals surface area contributed by atoms with E-state index in [2.05, 4.69) is 15.5 Å². The maximum absolute atomic E-state index is 13.6. The van der Waals surface area contributed by atoms with Gasteiger partial charge in [0.2, 0.25) is 11.8 Å². The number of likely N-dealkylation sites (N-methyl/N-ethyl adjacent to an activating group) is 1. The smallest absolute Gasteiger partial charge is 0.249 e. The molecule has 1 aromatic heterocycles. The number of aromatic nitrogens is 2. The number of hydrogen-bond acceptors (Lipinski definition) is 7. The van der Waals surface area contributed by atoms with Crippen LogP contribution in [0.3, 0.4) is 0 Å². The van der Waals surface area contributed by atoms with Crippen LogP contribution in [0.2, 0.25) is 0 Å². The summed E-state index contributed by atoms with van der Waals surface area (Å²) in [7, 11) is 3.46. The molecule has 3 rings (SSSR count). The SMILES string of the molecule is COc1ccc(CCN(C)C(CC(=O)Nc2ccc(C)nn2)C(=O)N(C=S)c2ccccc2)cc1. The van der Waals surface area contributed by atoms with Crippen molar-refractivity contribution in [1.29, 1.82) is 0 Å². The monoisotopic (exact) mass is 491 g/mol. The fourth-order valence-corrected chi connectivity index (χ4v) is 3.74. The molecule has 35 heavy (non-hydrogen) atoms. The van der Waals surface area contributed by atoms with Crippen molar-refractivity contribution in [1.82, 2.24) is 15.1 Å². The fraction of sp³-hybridized carbons (Fsp3) is 0.269. The summed E-state index contributed by atoms with van der Waals surface area (Å²) in [6, 6.07) is 19.6. The molecule has 0 spiro atoms. The van der Waals surface area contributed by atoms with E-state index in [1.807, 2.05) is 61.3 Å². The largest absolute Gasteiger partial charge is 0.497 e. The van der Waals surface area contributed by atoms with Crippen molar-refractivity contribution in [3.05, 3.63) is 78.0 Å². The number of nitrogens with zero attached hydrogens (tertiary/aromatic N) is 4. The lowest BCUT2D eigenvalue weighted by Gasteiger charge is -2.30. The van der Waals surface area contributed by atoms with Gasteiger partial charge in [0.25, 0.3) is 0 Å². The molecular formula is C26H29N5O3S. The molecular weight excluding hydrogens is 462 g/mol. The summed E-state index contributed by atoms with van der Waals surface area (Å²) < 4.78 is 5.22. The van der Waals surface area contributed by atoms with Crippen LogP contribution in [0, 0.1) is 6.92 Å². The Hall–Kier alpha value is -3.69. The van der Waals surface area contributed by atoms with Gasteiger partial charge in [-0.25, -0.2) is 0 Å². The summed E-state index contributed by atoms with van der Waals surface area (Å²) in [5.41, 5.74) is 3.79. The number of aryl methyl sites for hydroxylation is 1. The number of carbonyl (C=O) groups is 2. The van der Waals surface area contributed by atoms with Crippen molar-refractivity contribution in [3.63, 3.8) is 0 Å². The Bertz CT molecular complexity index is 1120. The van der Waals surface area contributed by atoms with Gasteiger partial charge >= 0.3 is 0 Å². The number of thiocarbonyl (C=S) groups is 1. The zero-order valence-electron chi connectivity index (χ0n) is 20.0. The summed E-state index contributed by atoms with van der Waals surface area (Å²) in [6.07, 6.45) is 0.623. The number of rotatable bonds is 11. The van der Waals surface area contributed by atoms with E-state index < -0.39 is 6.04 Å². The Morgan fingerprint density at radius 3 is 2.37 bits per heavy atom. The minimum absolute atomic E-state index is 0.0694. The number of nitrogens with one attached hydrogen (secondary N) is 1. The summed E-state index contributed by atoms with van der Waals surface area (Å²) in [6.45, 7) is 2.37. The van der Waals surface area contributed by atoms with Crippen LogP contribution in [0.5, 0.6) is 5.75 Å². The number of anilines is 2. The van der Waals surface area contributed by atoms with Gasteiger partial charge in [-0.05, 0) is 62.4 Å². The average Bonchev–Trinajstić information content (AvgIpc) is 2.88. The Labute approximate surface area is 210 Å². The molecule has 0 bridgehead atoms.